The Balaban J connectivity index is 1.64. The van der Waals surface area contributed by atoms with E-state index in [1.54, 1.807) is 0 Å². The van der Waals surface area contributed by atoms with Crippen LogP contribution in [0, 0.1) is 11.8 Å². The first kappa shape index (κ1) is 18.0. The first-order chi connectivity index (χ1) is 12.5. The highest BCUT2D eigenvalue weighted by Gasteiger charge is 2.57. The van der Waals surface area contributed by atoms with Crippen LogP contribution in [0.2, 0.25) is 0 Å². The summed E-state index contributed by atoms with van der Waals surface area (Å²) in [5.74, 6) is 2.06. The van der Waals surface area contributed by atoms with Crippen LogP contribution in [0.25, 0.3) is 0 Å². The number of ether oxygens (including phenoxy) is 2. The fraction of sp³-hybridized carbons (Fsp3) is 0.400. The van der Waals surface area contributed by atoms with Gasteiger partial charge in [0.15, 0.2) is 0 Å². The van der Waals surface area contributed by atoms with Crippen LogP contribution in [0.5, 0.6) is 11.5 Å². The van der Waals surface area contributed by atoms with Crippen molar-refractivity contribution in [3.8, 4) is 11.5 Å². The molecule has 6 heteroatoms. The number of hydrogen-bond acceptors (Lipinski definition) is 2. The number of rotatable bonds is 0. The number of benzene rings is 2. The third kappa shape index (κ3) is 2.73. The van der Waals surface area contributed by atoms with Gasteiger partial charge in [-0.2, -0.15) is 0 Å². The molecule has 0 bridgehead atoms. The first-order valence-corrected chi connectivity index (χ1v) is 12.0. The zero-order valence-corrected chi connectivity index (χ0v) is 20.2. The van der Waals surface area contributed by atoms with Gasteiger partial charge in [0.2, 0.25) is 0 Å². The van der Waals surface area contributed by atoms with E-state index in [4.69, 9.17) is 9.47 Å². The zero-order valence-electron chi connectivity index (χ0n) is 13.8. The van der Waals surface area contributed by atoms with Gasteiger partial charge in [-0.3, -0.25) is 0 Å². The topological polar surface area (TPSA) is 18.5 Å². The second-order valence-corrected chi connectivity index (χ2v) is 11.0. The molecule has 0 amide bonds. The fourth-order valence-electron chi connectivity index (χ4n) is 4.80. The van der Waals surface area contributed by atoms with Crippen molar-refractivity contribution >= 4 is 63.7 Å². The van der Waals surface area contributed by atoms with Crippen LogP contribution in [0.4, 0.5) is 0 Å². The Labute approximate surface area is 186 Å². The van der Waals surface area contributed by atoms with E-state index in [2.05, 4.69) is 88.0 Å². The lowest BCUT2D eigenvalue weighted by Gasteiger charge is -2.53. The molecule has 0 N–H and O–H groups in total. The molecular formula is C20H16Br4O2. The normalized spacial score (nSPS) is 28.8. The largest absolute Gasteiger partial charge is 0.450 e. The quantitative estimate of drug-likeness (QED) is 0.310. The monoisotopic (exact) mass is 604 g/mol. The molecule has 26 heavy (non-hydrogen) atoms. The average molecular weight is 608 g/mol. The van der Waals surface area contributed by atoms with Crippen LogP contribution in [-0.2, 0) is 12.8 Å². The molecule has 5 rings (SSSR count). The van der Waals surface area contributed by atoms with Gasteiger partial charge in [-0.15, -0.1) is 0 Å². The number of hydrogen-bond donors (Lipinski definition) is 0. The van der Waals surface area contributed by atoms with Gasteiger partial charge < -0.3 is 9.47 Å². The van der Waals surface area contributed by atoms with Gasteiger partial charge in [0.25, 0.3) is 5.79 Å². The SMILES string of the molecule is Brc1cc(Br)c2c(c1)C[C@H]1CCC[C@@H]3Cc4cc(Br)cc(Br)c4OC13O2. The predicted molar refractivity (Wildman–Crippen MR) is 116 cm³/mol. The van der Waals surface area contributed by atoms with E-state index in [0.29, 0.717) is 11.8 Å². The molecule has 2 heterocycles. The molecule has 3 aliphatic rings. The summed E-state index contributed by atoms with van der Waals surface area (Å²) in [5, 5.41) is 0. The first-order valence-electron chi connectivity index (χ1n) is 8.80. The Morgan fingerprint density at radius 1 is 0.731 bits per heavy atom. The van der Waals surface area contributed by atoms with Crippen LogP contribution < -0.4 is 9.47 Å². The second-order valence-electron chi connectivity index (χ2n) is 7.41. The maximum atomic E-state index is 6.73. The van der Waals surface area contributed by atoms with Gasteiger partial charge in [0.1, 0.15) is 11.5 Å². The maximum absolute atomic E-state index is 6.73. The van der Waals surface area contributed by atoms with Gasteiger partial charge >= 0.3 is 0 Å². The molecule has 1 spiro atoms. The van der Waals surface area contributed by atoms with Crippen LogP contribution in [0.3, 0.4) is 0 Å². The van der Waals surface area contributed by atoms with Crippen molar-refractivity contribution in [2.75, 3.05) is 0 Å². The fourth-order valence-corrected chi connectivity index (χ4v) is 7.59. The van der Waals surface area contributed by atoms with Crippen molar-refractivity contribution < 1.29 is 9.47 Å². The van der Waals surface area contributed by atoms with E-state index in [1.807, 2.05) is 0 Å². The van der Waals surface area contributed by atoms with E-state index >= 15 is 0 Å². The summed E-state index contributed by atoms with van der Waals surface area (Å²) in [6.07, 6.45) is 5.51. The Morgan fingerprint density at radius 2 is 1.19 bits per heavy atom. The average Bonchev–Trinajstić information content (AvgIpc) is 2.58. The van der Waals surface area contributed by atoms with Crippen molar-refractivity contribution in [1.82, 2.24) is 0 Å². The third-order valence-corrected chi connectivity index (χ3v) is 7.96. The highest BCUT2D eigenvalue weighted by atomic mass is 79.9. The van der Waals surface area contributed by atoms with Crippen LogP contribution in [-0.4, -0.2) is 5.79 Å². The van der Waals surface area contributed by atoms with Crippen molar-refractivity contribution in [3.63, 3.8) is 0 Å². The van der Waals surface area contributed by atoms with Crippen molar-refractivity contribution in [3.05, 3.63) is 53.3 Å². The standard InChI is InChI=1S/C20H16Br4O2/c21-14-6-10-4-12-2-1-3-13-5-11-7-15(22)9-17(24)19(11)26-20(12,13)25-18(10)16(23)8-14/h6-9,12-13H,1-5H2/t12-,13-,20?/m1/s1. The molecule has 1 aliphatic carbocycles. The van der Waals surface area contributed by atoms with E-state index in [-0.39, 0.29) is 0 Å². The van der Waals surface area contributed by atoms with E-state index in [9.17, 15) is 0 Å². The summed E-state index contributed by atoms with van der Waals surface area (Å²) in [5.41, 5.74) is 2.51. The molecule has 2 aliphatic heterocycles. The smallest absolute Gasteiger partial charge is 0.257 e. The molecule has 1 saturated carbocycles. The molecule has 1 fully saturated rings. The Kier molecular flexibility index (Phi) is 4.50. The summed E-state index contributed by atoms with van der Waals surface area (Å²) in [6, 6.07) is 8.47. The van der Waals surface area contributed by atoms with Gasteiger partial charge in [-0.1, -0.05) is 38.3 Å². The van der Waals surface area contributed by atoms with Crippen molar-refractivity contribution in [2.24, 2.45) is 11.8 Å². The minimum absolute atomic E-state index is 0.374. The van der Waals surface area contributed by atoms with Crippen LogP contribution in [0.15, 0.2) is 42.2 Å². The molecule has 0 aromatic heterocycles. The van der Waals surface area contributed by atoms with Gasteiger partial charge in [0.05, 0.1) is 8.95 Å². The Morgan fingerprint density at radius 3 is 1.65 bits per heavy atom. The van der Waals surface area contributed by atoms with Crippen molar-refractivity contribution in [1.29, 1.82) is 0 Å². The highest BCUT2D eigenvalue weighted by Crippen LogP contribution is 2.55. The number of halogens is 4. The molecule has 2 aromatic rings. The summed E-state index contributed by atoms with van der Waals surface area (Å²) in [7, 11) is 0. The van der Waals surface area contributed by atoms with Crippen molar-refractivity contribution in [2.45, 2.75) is 37.9 Å². The minimum atomic E-state index is -0.565. The van der Waals surface area contributed by atoms with Gasteiger partial charge in [0, 0.05) is 20.8 Å². The van der Waals surface area contributed by atoms with Gasteiger partial charge in [-0.05, 0) is 92.9 Å². The van der Waals surface area contributed by atoms with E-state index < -0.39 is 5.79 Å². The Hall–Kier alpha value is -0.0400. The minimum Gasteiger partial charge on any atom is -0.450 e. The highest BCUT2D eigenvalue weighted by molar-refractivity contribution is 9.11. The molecule has 2 aromatic carbocycles. The molecular weight excluding hydrogens is 592 g/mol. The van der Waals surface area contributed by atoms with E-state index in [1.165, 1.54) is 17.5 Å². The lowest BCUT2D eigenvalue weighted by Crippen LogP contribution is -2.61. The molecule has 2 nitrogen and oxygen atoms in total. The predicted octanol–water partition coefficient (Wildman–Crippen LogP) is 7.42. The van der Waals surface area contributed by atoms with Crippen LogP contribution >= 0.6 is 63.7 Å². The van der Waals surface area contributed by atoms with Crippen LogP contribution in [0.1, 0.15) is 30.4 Å². The maximum Gasteiger partial charge on any atom is 0.257 e. The lowest BCUT2D eigenvalue weighted by atomic mass is 9.68. The second kappa shape index (κ2) is 6.50. The lowest BCUT2D eigenvalue weighted by molar-refractivity contribution is -0.226. The summed E-state index contributed by atoms with van der Waals surface area (Å²) >= 11 is 14.6. The molecule has 2 atom stereocenters. The zero-order chi connectivity index (χ0) is 18.1. The molecule has 0 saturated heterocycles. The van der Waals surface area contributed by atoms with E-state index in [0.717, 1.165) is 55.1 Å². The Bertz CT molecular complexity index is 838. The third-order valence-electron chi connectivity index (χ3n) is 5.87. The molecule has 136 valence electrons. The summed E-state index contributed by atoms with van der Waals surface area (Å²) in [4.78, 5) is 0. The number of fused-ring (bicyclic) bond motifs is 2. The van der Waals surface area contributed by atoms with Gasteiger partial charge in [-0.25, -0.2) is 0 Å². The molecule has 0 unspecified atom stereocenters. The summed E-state index contributed by atoms with van der Waals surface area (Å²) in [6.45, 7) is 0. The molecule has 0 radical (unpaired) electrons. The summed E-state index contributed by atoms with van der Waals surface area (Å²) < 4.78 is 17.6.